The summed E-state index contributed by atoms with van der Waals surface area (Å²) >= 11 is 0. The van der Waals surface area contributed by atoms with Gasteiger partial charge in [-0.25, -0.2) is 12.7 Å². The van der Waals surface area contributed by atoms with Gasteiger partial charge in [0.2, 0.25) is 10.0 Å². The van der Waals surface area contributed by atoms with Gasteiger partial charge >= 0.3 is 0 Å². The van der Waals surface area contributed by atoms with Crippen molar-refractivity contribution in [2.45, 2.75) is 44.6 Å². The largest absolute Gasteiger partial charge is 0.396 e. The third kappa shape index (κ3) is 4.15. The maximum Gasteiger partial charge on any atom is 0.214 e. The molecule has 19 heavy (non-hydrogen) atoms. The second-order valence-electron chi connectivity index (χ2n) is 5.62. The molecule has 0 aromatic carbocycles. The zero-order valence-electron chi connectivity index (χ0n) is 11.6. The molecule has 0 aromatic rings. The number of nitrogens with zero attached hydrogens (tertiary/aromatic N) is 2. The van der Waals surface area contributed by atoms with E-state index in [0.29, 0.717) is 25.6 Å². The van der Waals surface area contributed by atoms with E-state index < -0.39 is 10.0 Å². The lowest BCUT2D eigenvalue weighted by Gasteiger charge is -2.39. The van der Waals surface area contributed by atoms with Crippen LogP contribution >= 0.6 is 0 Å². The first-order chi connectivity index (χ1) is 9.13. The zero-order chi connectivity index (χ0) is 13.7. The molecule has 2 saturated heterocycles. The molecular formula is C13H26N2O3S. The fraction of sp³-hybridized carbons (Fsp3) is 1.00. The van der Waals surface area contributed by atoms with E-state index in [1.165, 1.54) is 32.4 Å². The van der Waals surface area contributed by atoms with Gasteiger partial charge in [0.05, 0.1) is 5.75 Å². The molecule has 0 unspecified atom stereocenters. The standard InChI is InChI=1S/C13H26N2O3S/c16-11-4-12-19(17,18)15-9-5-13(6-10-15)14-7-2-1-3-8-14/h13,16H,1-12H2. The minimum absolute atomic E-state index is 0.0521. The molecule has 0 atom stereocenters. The van der Waals surface area contributed by atoms with Gasteiger partial charge in [-0.1, -0.05) is 6.42 Å². The average molecular weight is 290 g/mol. The maximum atomic E-state index is 12.0. The van der Waals surface area contributed by atoms with Gasteiger partial charge in [-0.3, -0.25) is 0 Å². The lowest BCUT2D eigenvalue weighted by Crippen LogP contribution is -2.48. The SMILES string of the molecule is O=S(=O)(CCCO)N1CCC(N2CCCCC2)CC1. The summed E-state index contributed by atoms with van der Waals surface area (Å²) in [6.45, 7) is 3.61. The number of aliphatic hydroxyl groups is 1. The van der Waals surface area contributed by atoms with Gasteiger partial charge in [0.25, 0.3) is 0 Å². The number of hydrogen-bond donors (Lipinski definition) is 1. The van der Waals surface area contributed by atoms with Crippen LogP contribution in [0.15, 0.2) is 0 Å². The number of sulfonamides is 1. The van der Waals surface area contributed by atoms with Crippen LogP contribution in [0.4, 0.5) is 0 Å². The van der Waals surface area contributed by atoms with Crippen LogP contribution in [0.2, 0.25) is 0 Å². The molecule has 5 nitrogen and oxygen atoms in total. The molecule has 2 aliphatic rings. The predicted octanol–water partition coefficient (Wildman–Crippen LogP) is 0.649. The van der Waals surface area contributed by atoms with Crippen LogP contribution in [0, 0.1) is 0 Å². The van der Waals surface area contributed by atoms with Crippen LogP contribution in [-0.4, -0.2) is 67.3 Å². The fourth-order valence-corrected chi connectivity index (χ4v) is 4.66. The van der Waals surface area contributed by atoms with E-state index in [9.17, 15) is 8.42 Å². The lowest BCUT2D eigenvalue weighted by atomic mass is 10.0. The molecule has 2 heterocycles. The van der Waals surface area contributed by atoms with Crippen molar-refractivity contribution in [2.24, 2.45) is 0 Å². The molecular weight excluding hydrogens is 264 g/mol. The van der Waals surface area contributed by atoms with Crippen molar-refractivity contribution < 1.29 is 13.5 Å². The predicted molar refractivity (Wildman–Crippen MR) is 75.5 cm³/mol. The zero-order valence-corrected chi connectivity index (χ0v) is 12.4. The third-order valence-corrected chi connectivity index (χ3v) is 6.24. The van der Waals surface area contributed by atoms with Crippen molar-refractivity contribution in [1.29, 1.82) is 0 Å². The van der Waals surface area contributed by atoms with Crippen LogP contribution in [0.5, 0.6) is 0 Å². The normalized spacial score (nSPS) is 24.7. The first kappa shape index (κ1) is 15.2. The van der Waals surface area contributed by atoms with E-state index in [4.69, 9.17) is 5.11 Å². The molecule has 0 saturated carbocycles. The average Bonchev–Trinajstić information content (AvgIpc) is 2.46. The van der Waals surface area contributed by atoms with E-state index in [-0.39, 0.29) is 12.4 Å². The van der Waals surface area contributed by atoms with Crippen molar-refractivity contribution in [1.82, 2.24) is 9.21 Å². The highest BCUT2D eigenvalue weighted by Gasteiger charge is 2.30. The van der Waals surface area contributed by atoms with E-state index >= 15 is 0 Å². The Hall–Kier alpha value is -0.170. The van der Waals surface area contributed by atoms with Crippen LogP contribution in [-0.2, 0) is 10.0 Å². The number of likely N-dealkylation sites (tertiary alicyclic amines) is 1. The summed E-state index contributed by atoms with van der Waals surface area (Å²) in [5.74, 6) is 0.0812. The van der Waals surface area contributed by atoms with Crippen molar-refractivity contribution in [3.8, 4) is 0 Å². The van der Waals surface area contributed by atoms with Crippen LogP contribution in [0.25, 0.3) is 0 Å². The van der Waals surface area contributed by atoms with Gasteiger partial charge in [-0.05, 0) is 45.2 Å². The fourth-order valence-electron chi connectivity index (χ4n) is 3.15. The van der Waals surface area contributed by atoms with Crippen LogP contribution in [0.3, 0.4) is 0 Å². The molecule has 2 fully saturated rings. The summed E-state index contributed by atoms with van der Waals surface area (Å²) in [6, 6.07) is 0.574. The van der Waals surface area contributed by atoms with E-state index in [1.807, 2.05) is 0 Å². The van der Waals surface area contributed by atoms with Gasteiger partial charge < -0.3 is 10.0 Å². The van der Waals surface area contributed by atoms with Crippen molar-refractivity contribution in [3.63, 3.8) is 0 Å². The van der Waals surface area contributed by atoms with Crippen molar-refractivity contribution >= 4 is 10.0 Å². The van der Waals surface area contributed by atoms with Crippen LogP contribution in [0.1, 0.15) is 38.5 Å². The molecule has 0 aliphatic carbocycles. The Morgan fingerprint density at radius 3 is 2.21 bits per heavy atom. The number of piperidine rings is 2. The Labute approximate surface area is 116 Å². The van der Waals surface area contributed by atoms with Gasteiger partial charge in [-0.15, -0.1) is 0 Å². The molecule has 0 bridgehead atoms. The quantitative estimate of drug-likeness (QED) is 0.807. The maximum absolute atomic E-state index is 12.0. The lowest BCUT2D eigenvalue weighted by molar-refractivity contribution is 0.117. The van der Waals surface area contributed by atoms with Gasteiger partial charge in [0.15, 0.2) is 0 Å². The van der Waals surface area contributed by atoms with Crippen molar-refractivity contribution in [2.75, 3.05) is 38.5 Å². The Kier molecular flexibility index (Phi) is 5.62. The summed E-state index contributed by atoms with van der Waals surface area (Å²) in [5.41, 5.74) is 0. The molecule has 0 aromatic heterocycles. The van der Waals surface area contributed by atoms with Crippen molar-refractivity contribution in [3.05, 3.63) is 0 Å². The van der Waals surface area contributed by atoms with E-state index in [1.54, 1.807) is 4.31 Å². The highest BCUT2D eigenvalue weighted by Crippen LogP contribution is 2.22. The Morgan fingerprint density at radius 2 is 1.63 bits per heavy atom. The van der Waals surface area contributed by atoms with Gasteiger partial charge in [-0.2, -0.15) is 0 Å². The molecule has 0 spiro atoms. The van der Waals surface area contributed by atoms with Crippen LogP contribution < -0.4 is 0 Å². The second kappa shape index (κ2) is 7.02. The molecule has 2 aliphatic heterocycles. The molecule has 0 radical (unpaired) electrons. The summed E-state index contributed by atoms with van der Waals surface area (Å²) in [4.78, 5) is 2.54. The molecule has 1 N–H and O–H groups in total. The smallest absolute Gasteiger partial charge is 0.214 e. The second-order valence-corrected chi connectivity index (χ2v) is 7.71. The highest BCUT2D eigenvalue weighted by molar-refractivity contribution is 7.89. The van der Waals surface area contributed by atoms with E-state index in [0.717, 1.165) is 12.8 Å². The molecule has 6 heteroatoms. The monoisotopic (exact) mass is 290 g/mol. The number of rotatable bonds is 5. The minimum atomic E-state index is -3.14. The summed E-state index contributed by atoms with van der Waals surface area (Å²) in [5, 5.41) is 8.75. The topological polar surface area (TPSA) is 60.9 Å². The number of hydrogen-bond acceptors (Lipinski definition) is 4. The van der Waals surface area contributed by atoms with E-state index in [2.05, 4.69) is 4.90 Å². The van der Waals surface area contributed by atoms with Gasteiger partial charge in [0, 0.05) is 25.7 Å². The Bertz CT molecular complexity index is 358. The minimum Gasteiger partial charge on any atom is -0.396 e. The highest BCUT2D eigenvalue weighted by atomic mass is 32.2. The third-order valence-electron chi connectivity index (χ3n) is 4.28. The molecule has 2 rings (SSSR count). The Morgan fingerprint density at radius 1 is 1.00 bits per heavy atom. The summed E-state index contributed by atoms with van der Waals surface area (Å²) in [6.07, 6.45) is 6.17. The molecule has 112 valence electrons. The first-order valence-corrected chi connectivity index (χ1v) is 9.07. The van der Waals surface area contributed by atoms with Gasteiger partial charge in [0.1, 0.15) is 0 Å². The Balaban J connectivity index is 1.81. The first-order valence-electron chi connectivity index (χ1n) is 7.46. The summed E-state index contributed by atoms with van der Waals surface area (Å²) < 4.78 is 25.7. The molecule has 0 amide bonds. The summed E-state index contributed by atoms with van der Waals surface area (Å²) in [7, 11) is -3.14. The number of aliphatic hydroxyl groups excluding tert-OH is 1.